The average Bonchev–Trinajstić information content (AvgIpc) is 2.62. The molecular weight excluding hydrogens is 142 g/mol. The summed E-state index contributed by atoms with van der Waals surface area (Å²) in [4.78, 5) is 0. The zero-order chi connectivity index (χ0) is 7.40. The molecule has 1 atom stereocenters. The van der Waals surface area contributed by atoms with Gasteiger partial charge >= 0.3 is 0 Å². The molecule has 0 aromatic carbocycles. The Labute approximate surface area is 67.8 Å². The van der Waals surface area contributed by atoms with Crippen LogP contribution in [0.15, 0.2) is 0 Å². The van der Waals surface area contributed by atoms with Gasteiger partial charge in [-0.2, -0.15) is 11.8 Å². The molecule has 10 heavy (non-hydrogen) atoms. The molecule has 1 unspecified atom stereocenters. The van der Waals surface area contributed by atoms with Crippen molar-refractivity contribution in [1.29, 1.82) is 0 Å². The maximum atomic E-state index is 5.61. The molecule has 0 spiro atoms. The molecule has 1 nitrogen and oxygen atoms in total. The van der Waals surface area contributed by atoms with Crippen LogP contribution in [-0.2, 0) is 0 Å². The van der Waals surface area contributed by atoms with Gasteiger partial charge in [0.2, 0.25) is 0 Å². The van der Waals surface area contributed by atoms with E-state index in [0.717, 1.165) is 5.92 Å². The van der Waals surface area contributed by atoms with Crippen LogP contribution in [0, 0.1) is 5.92 Å². The minimum Gasteiger partial charge on any atom is -0.328 e. The fourth-order valence-electron chi connectivity index (χ4n) is 0.804. The van der Waals surface area contributed by atoms with Crippen molar-refractivity contribution in [3.63, 3.8) is 0 Å². The Morgan fingerprint density at radius 1 is 1.60 bits per heavy atom. The Morgan fingerprint density at radius 2 is 2.30 bits per heavy atom. The lowest BCUT2D eigenvalue weighted by Crippen LogP contribution is -2.15. The Hall–Kier alpha value is 0.310. The first-order chi connectivity index (χ1) is 4.79. The number of hydrogen-bond donors (Lipinski definition) is 1. The minimum absolute atomic E-state index is 0.395. The van der Waals surface area contributed by atoms with Crippen molar-refractivity contribution >= 4 is 11.8 Å². The zero-order valence-electron chi connectivity index (χ0n) is 6.68. The maximum Gasteiger partial charge on any atom is 0.00183 e. The molecule has 1 aliphatic carbocycles. The van der Waals surface area contributed by atoms with Crippen LogP contribution in [0.3, 0.4) is 0 Å². The van der Waals surface area contributed by atoms with Gasteiger partial charge in [0.1, 0.15) is 0 Å². The molecular formula is C8H17NS. The first kappa shape index (κ1) is 8.41. The minimum atomic E-state index is 0.395. The van der Waals surface area contributed by atoms with Crippen LogP contribution in [0.5, 0.6) is 0 Å². The van der Waals surface area contributed by atoms with Gasteiger partial charge in [-0.05, 0) is 43.6 Å². The van der Waals surface area contributed by atoms with Gasteiger partial charge in [0, 0.05) is 6.04 Å². The van der Waals surface area contributed by atoms with E-state index in [4.69, 9.17) is 5.73 Å². The van der Waals surface area contributed by atoms with E-state index in [1.54, 1.807) is 0 Å². The van der Waals surface area contributed by atoms with E-state index in [0.29, 0.717) is 6.04 Å². The molecule has 0 aromatic rings. The van der Waals surface area contributed by atoms with Crippen LogP contribution in [0.4, 0.5) is 0 Å². The van der Waals surface area contributed by atoms with Crippen molar-refractivity contribution in [2.24, 2.45) is 11.7 Å². The molecule has 0 saturated heterocycles. The molecule has 0 amide bonds. The van der Waals surface area contributed by atoms with Crippen molar-refractivity contribution < 1.29 is 0 Å². The highest BCUT2D eigenvalue weighted by molar-refractivity contribution is 7.99. The lowest BCUT2D eigenvalue weighted by Gasteiger charge is -2.02. The van der Waals surface area contributed by atoms with Gasteiger partial charge in [-0.15, -0.1) is 0 Å². The summed E-state index contributed by atoms with van der Waals surface area (Å²) in [6, 6.07) is 0.395. The first-order valence-electron chi connectivity index (χ1n) is 4.12. The number of nitrogens with two attached hydrogens (primary N) is 1. The van der Waals surface area contributed by atoms with Crippen LogP contribution >= 0.6 is 11.8 Å². The smallest absolute Gasteiger partial charge is 0.00183 e. The SMILES string of the molecule is CC(N)CCSCC1CC1. The molecule has 60 valence electrons. The van der Waals surface area contributed by atoms with E-state index in [-0.39, 0.29) is 0 Å². The largest absolute Gasteiger partial charge is 0.328 e. The van der Waals surface area contributed by atoms with Gasteiger partial charge in [-0.1, -0.05) is 0 Å². The quantitative estimate of drug-likeness (QED) is 0.620. The Bertz CT molecular complexity index is 85.3. The monoisotopic (exact) mass is 159 g/mol. The summed E-state index contributed by atoms with van der Waals surface area (Å²) < 4.78 is 0. The van der Waals surface area contributed by atoms with Gasteiger partial charge < -0.3 is 5.73 Å². The lowest BCUT2D eigenvalue weighted by atomic mass is 10.3. The molecule has 0 radical (unpaired) electrons. The van der Waals surface area contributed by atoms with Gasteiger partial charge in [0.25, 0.3) is 0 Å². The van der Waals surface area contributed by atoms with Gasteiger partial charge in [-0.3, -0.25) is 0 Å². The molecule has 1 aliphatic rings. The molecule has 1 rings (SSSR count). The standard InChI is InChI=1S/C8H17NS/c1-7(9)4-5-10-6-8-2-3-8/h7-8H,2-6,9H2,1H3. The Balaban J connectivity index is 1.76. The van der Waals surface area contributed by atoms with Crippen LogP contribution in [-0.4, -0.2) is 17.5 Å². The summed E-state index contributed by atoms with van der Waals surface area (Å²) in [5, 5.41) is 0. The molecule has 0 aliphatic heterocycles. The third kappa shape index (κ3) is 4.18. The average molecular weight is 159 g/mol. The molecule has 0 aromatic heterocycles. The second kappa shape index (κ2) is 4.24. The topological polar surface area (TPSA) is 26.0 Å². The predicted molar refractivity (Wildman–Crippen MR) is 48.3 cm³/mol. The third-order valence-corrected chi connectivity index (χ3v) is 3.00. The first-order valence-corrected chi connectivity index (χ1v) is 5.28. The highest BCUT2D eigenvalue weighted by Gasteiger charge is 2.20. The highest BCUT2D eigenvalue weighted by atomic mass is 32.2. The summed E-state index contributed by atoms with van der Waals surface area (Å²) in [6.45, 7) is 2.08. The number of thioether (sulfide) groups is 1. The fraction of sp³-hybridized carbons (Fsp3) is 1.00. The van der Waals surface area contributed by atoms with Crippen molar-refractivity contribution in [1.82, 2.24) is 0 Å². The van der Waals surface area contributed by atoms with Crippen LogP contribution in [0.2, 0.25) is 0 Å². The highest BCUT2D eigenvalue weighted by Crippen LogP contribution is 2.32. The molecule has 1 saturated carbocycles. The summed E-state index contributed by atoms with van der Waals surface area (Å²) in [5.74, 6) is 3.71. The summed E-state index contributed by atoms with van der Waals surface area (Å²) >= 11 is 2.07. The van der Waals surface area contributed by atoms with Crippen molar-refractivity contribution in [2.75, 3.05) is 11.5 Å². The van der Waals surface area contributed by atoms with Gasteiger partial charge in [0.05, 0.1) is 0 Å². The van der Waals surface area contributed by atoms with Gasteiger partial charge in [-0.25, -0.2) is 0 Å². The van der Waals surface area contributed by atoms with Crippen molar-refractivity contribution in [3.05, 3.63) is 0 Å². The van der Waals surface area contributed by atoms with Crippen LogP contribution in [0.25, 0.3) is 0 Å². The van der Waals surface area contributed by atoms with E-state index in [2.05, 4.69) is 18.7 Å². The molecule has 0 bridgehead atoms. The lowest BCUT2D eigenvalue weighted by molar-refractivity contribution is 0.721. The van der Waals surface area contributed by atoms with Crippen molar-refractivity contribution in [2.45, 2.75) is 32.2 Å². The number of rotatable bonds is 5. The van der Waals surface area contributed by atoms with E-state index >= 15 is 0 Å². The number of hydrogen-bond acceptors (Lipinski definition) is 2. The Morgan fingerprint density at radius 3 is 2.80 bits per heavy atom. The maximum absolute atomic E-state index is 5.61. The van der Waals surface area contributed by atoms with Gasteiger partial charge in [0.15, 0.2) is 0 Å². The van der Waals surface area contributed by atoms with Crippen molar-refractivity contribution in [3.8, 4) is 0 Å². The van der Waals surface area contributed by atoms with E-state index in [9.17, 15) is 0 Å². The van der Waals surface area contributed by atoms with E-state index in [1.807, 2.05) is 0 Å². The fourth-order valence-corrected chi connectivity index (χ4v) is 2.18. The molecule has 0 heterocycles. The second-order valence-electron chi connectivity index (χ2n) is 3.28. The predicted octanol–water partition coefficient (Wildman–Crippen LogP) is 1.87. The normalized spacial score (nSPS) is 21.0. The summed E-state index contributed by atoms with van der Waals surface area (Å²) in [5.41, 5.74) is 5.61. The Kier molecular flexibility index (Phi) is 3.57. The summed E-state index contributed by atoms with van der Waals surface area (Å²) in [6.07, 6.45) is 4.13. The van der Waals surface area contributed by atoms with E-state index in [1.165, 1.54) is 30.8 Å². The third-order valence-electron chi connectivity index (χ3n) is 1.77. The molecule has 2 N–H and O–H groups in total. The van der Waals surface area contributed by atoms with E-state index < -0.39 is 0 Å². The zero-order valence-corrected chi connectivity index (χ0v) is 7.49. The van der Waals surface area contributed by atoms with Crippen LogP contribution in [0.1, 0.15) is 26.2 Å². The second-order valence-corrected chi connectivity index (χ2v) is 4.43. The molecule has 1 fully saturated rings. The molecule has 2 heteroatoms. The summed E-state index contributed by atoms with van der Waals surface area (Å²) in [7, 11) is 0. The van der Waals surface area contributed by atoms with Crippen LogP contribution < -0.4 is 5.73 Å².